The van der Waals surface area contributed by atoms with Gasteiger partial charge in [-0.3, -0.25) is 4.31 Å². The van der Waals surface area contributed by atoms with Crippen molar-refractivity contribution in [2.75, 3.05) is 10.8 Å². The molecule has 0 aromatic heterocycles. The van der Waals surface area contributed by atoms with Gasteiger partial charge in [-0.1, -0.05) is 40.9 Å². The molecule has 2 aromatic rings. The topological polar surface area (TPSA) is 37.4 Å². The molecule has 0 N–H and O–H groups in total. The van der Waals surface area contributed by atoms with Crippen molar-refractivity contribution in [2.45, 2.75) is 18.7 Å². The van der Waals surface area contributed by atoms with Crippen molar-refractivity contribution in [3.05, 3.63) is 58.1 Å². The molecule has 0 bridgehead atoms. The molecule has 0 aliphatic rings. The number of rotatable bonds is 4. The Labute approximate surface area is 135 Å². The van der Waals surface area contributed by atoms with E-state index in [4.69, 9.17) is 23.2 Å². The van der Waals surface area contributed by atoms with Crippen LogP contribution >= 0.6 is 23.2 Å². The lowest BCUT2D eigenvalue weighted by molar-refractivity contribution is 0.592. The molecule has 112 valence electrons. The van der Waals surface area contributed by atoms with Gasteiger partial charge in [-0.05, 0) is 44.2 Å². The van der Waals surface area contributed by atoms with E-state index in [2.05, 4.69) is 0 Å². The number of halogens is 2. The number of hydrogen-bond donors (Lipinski definition) is 0. The highest BCUT2D eigenvalue weighted by Gasteiger charge is 2.25. The minimum absolute atomic E-state index is 0.228. The van der Waals surface area contributed by atoms with Gasteiger partial charge in [0.25, 0.3) is 10.0 Å². The normalized spacial score (nSPS) is 11.4. The monoisotopic (exact) mass is 343 g/mol. The fourth-order valence-electron chi connectivity index (χ4n) is 1.98. The first-order chi connectivity index (χ1) is 9.86. The molecule has 0 spiro atoms. The third-order valence-electron chi connectivity index (χ3n) is 3.07. The molecule has 21 heavy (non-hydrogen) atoms. The summed E-state index contributed by atoms with van der Waals surface area (Å²) in [5, 5.41) is 0.781. The van der Waals surface area contributed by atoms with Gasteiger partial charge in [0.2, 0.25) is 0 Å². The van der Waals surface area contributed by atoms with Gasteiger partial charge in [-0.15, -0.1) is 0 Å². The quantitative estimate of drug-likeness (QED) is 0.818. The molecule has 0 radical (unpaired) electrons. The van der Waals surface area contributed by atoms with Crippen LogP contribution in [0.5, 0.6) is 0 Å². The van der Waals surface area contributed by atoms with Gasteiger partial charge in [0.1, 0.15) is 0 Å². The van der Waals surface area contributed by atoms with Gasteiger partial charge in [0.05, 0.1) is 15.6 Å². The fourth-order valence-corrected chi connectivity index (χ4v) is 3.90. The zero-order valence-electron chi connectivity index (χ0n) is 11.7. The predicted octanol–water partition coefficient (Wildman–Crippen LogP) is 4.52. The maximum Gasteiger partial charge on any atom is 0.264 e. The molecule has 0 amide bonds. The molecule has 0 saturated carbocycles. The highest BCUT2D eigenvalue weighted by Crippen LogP contribution is 2.32. The van der Waals surface area contributed by atoms with E-state index < -0.39 is 10.0 Å². The summed E-state index contributed by atoms with van der Waals surface area (Å²) in [7, 11) is -3.67. The SMILES string of the molecule is CCN(c1cc(Cl)ccc1Cl)S(=O)(=O)c1ccc(C)cc1. The predicted molar refractivity (Wildman–Crippen MR) is 87.8 cm³/mol. The zero-order valence-corrected chi connectivity index (χ0v) is 14.0. The van der Waals surface area contributed by atoms with Crippen molar-refractivity contribution >= 4 is 38.9 Å². The van der Waals surface area contributed by atoms with E-state index in [1.54, 1.807) is 49.4 Å². The molecule has 0 unspecified atom stereocenters. The molecule has 3 nitrogen and oxygen atoms in total. The molecular weight excluding hydrogens is 329 g/mol. The molecular formula is C15H15Cl2NO2S. The second-order valence-electron chi connectivity index (χ2n) is 4.58. The van der Waals surface area contributed by atoms with Crippen molar-refractivity contribution < 1.29 is 8.42 Å². The van der Waals surface area contributed by atoms with Crippen LogP contribution in [0.1, 0.15) is 12.5 Å². The molecule has 0 atom stereocenters. The van der Waals surface area contributed by atoms with Crippen molar-refractivity contribution in [1.29, 1.82) is 0 Å². The summed E-state index contributed by atoms with van der Waals surface area (Å²) < 4.78 is 26.8. The van der Waals surface area contributed by atoms with Crippen molar-refractivity contribution in [2.24, 2.45) is 0 Å². The number of sulfonamides is 1. The lowest BCUT2D eigenvalue weighted by Crippen LogP contribution is -2.31. The molecule has 0 heterocycles. The van der Waals surface area contributed by atoms with E-state index in [0.29, 0.717) is 15.7 Å². The minimum atomic E-state index is -3.67. The number of benzene rings is 2. The fraction of sp³-hybridized carbons (Fsp3) is 0.200. The van der Waals surface area contributed by atoms with E-state index >= 15 is 0 Å². The van der Waals surface area contributed by atoms with Gasteiger partial charge in [0.15, 0.2) is 0 Å². The van der Waals surface area contributed by atoms with Crippen LogP contribution in [0.25, 0.3) is 0 Å². The van der Waals surface area contributed by atoms with Crippen molar-refractivity contribution in [3.8, 4) is 0 Å². The van der Waals surface area contributed by atoms with E-state index in [9.17, 15) is 8.42 Å². The third kappa shape index (κ3) is 3.34. The molecule has 0 aliphatic carbocycles. The average Bonchev–Trinajstić information content (AvgIpc) is 2.43. The Hall–Kier alpha value is -1.23. The van der Waals surface area contributed by atoms with Gasteiger partial charge in [0, 0.05) is 11.6 Å². The number of anilines is 1. The molecule has 0 fully saturated rings. The van der Waals surface area contributed by atoms with Gasteiger partial charge >= 0.3 is 0 Å². The molecule has 0 aliphatic heterocycles. The summed E-state index contributed by atoms with van der Waals surface area (Å²) in [6.45, 7) is 3.92. The Morgan fingerprint density at radius 2 is 1.67 bits per heavy atom. The molecule has 6 heteroatoms. The first-order valence-electron chi connectivity index (χ1n) is 6.40. The summed E-state index contributed by atoms with van der Waals surface area (Å²) in [6.07, 6.45) is 0. The second-order valence-corrected chi connectivity index (χ2v) is 7.28. The molecule has 2 aromatic carbocycles. The van der Waals surface area contributed by atoms with Crippen LogP contribution in [0, 0.1) is 6.92 Å². The Morgan fingerprint density at radius 3 is 2.24 bits per heavy atom. The van der Waals surface area contributed by atoms with Gasteiger partial charge < -0.3 is 0 Å². The summed E-state index contributed by atoms with van der Waals surface area (Å²) in [4.78, 5) is 0.228. The molecule has 0 saturated heterocycles. The third-order valence-corrected chi connectivity index (χ3v) is 5.53. The summed E-state index contributed by atoms with van der Waals surface area (Å²) in [5.41, 5.74) is 1.38. The maximum absolute atomic E-state index is 12.8. The number of aryl methyl sites for hydroxylation is 1. The lowest BCUT2D eigenvalue weighted by Gasteiger charge is -2.24. The maximum atomic E-state index is 12.8. The standard InChI is InChI=1S/C15H15Cl2NO2S/c1-3-18(15-10-12(16)6-9-14(15)17)21(19,20)13-7-4-11(2)5-8-13/h4-10H,3H2,1-2H3. The van der Waals surface area contributed by atoms with Crippen LogP contribution in [0.4, 0.5) is 5.69 Å². The van der Waals surface area contributed by atoms with E-state index in [0.717, 1.165) is 5.56 Å². The van der Waals surface area contributed by atoms with Crippen LogP contribution in [-0.2, 0) is 10.0 Å². The highest BCUT2D eigenvalue weighted by atomic mass is 35.5. The van der Waals surface area contributed by atoms with Gasteiger partial charge in [-0.2, -0.15) is 0 Å². The summed E-state index contributed by atoms with van der Waals surface area (Å²) in [5.74, 6) is 0. The number of nitrogens with zero attached hydrogens (tertiary/aromatic N) is 1. The Morgan fingerprint density at radius 1 is 1.05 bits per heavy atom. The zero-order chi connectivity index (χ0) is 15.6. The van der Waals surface area contributed by atoms with Gasteiger partial charge in [-0.25, -0.2) is 8.42 Å². The Kier molecular flexibility index (Phi) is 4.81. The summed E-state index contributed by atoms with van der Waals surface area (Å²) >= 11 is 12.1. The Bertz CT molecular complexity index is 743. The lowest BCUT2D eigenvalue weighted by atomic mass is 10.2. The van der Waals surface area contributed by atoms with Crippen molar-refractivity contribution in [3.63, 3.8) is 0 Å². The largest absolute Gasteiger partial charge is 0.265 e. The average molecular weight is 344 g/mol. The van der Waals surface area contributed by atoms with Crippen LogP contribution in [-0.4, -0.2) is 15.0 Å². The van der Waals surface area contributed by atoms with Crippen LogP contribution in [0.2, 0.25) is 10.0 Å². The van der Waals surface area contributed by atoms with Crippen LogP contribution in [0.3, 0.4) is 0 Å². The minimum Gasteiger partial charge on any atom is -0.265 e. The van der Waals surface area contributed by atoms with Crippen LogP contribution < -0.4 is 4.31 Å². The van der Waals surface area contributed by atoms with Crippen LogP contribution in [0.15, 0.2) is 47.4 Å². The smallest absolute Gasteiger partial charge is 0.264 e. The molecule has 2 rings (SSSR count). The number of hydrogen-bond acceptors (Lipinski definition) is 2. The van der Waals surface area contributed by atoms with Crippen molar-refractivity contribution in [1.82, 2.24) is 0 Å². The summed E-state index contributed by atoms with van der Waals surface area (Å²) in [6, 6.07) is 11.5. The first kappa shape index (κ1) is 16.1. The highest BCUT2D eigenvalue weighted by molar-refractivity contribution is 7.92. The van der Waals surface area contributed by atoms with E-state index in [1.807, 2.05) is 6.92 Å². The van der Waals surface area contributed by atoms with E-state index in [-0.39, 0.29) is 11.4 Å². The first-order valence-corrected chi connectivity index (χ1v) is 8.60. The van der Waals surface area contributed by atoms with E-state index in [1.165, 1.54) is 4.31 Å². The second kappa shape index (κ2) is 6.26. The Balaban J connectivity index is 2.54.